The average molecular weight is 267 g/mol. The Bertz CT molecular complexity index is 484. The van der Waals surface area contributed by atoms with E-state index in [0.29, 0.717) is 10.6 Å². The highest BCUT2D eigenvalue weighted by Crippen LogP contribution is 2.23. The first-order valence-electron chi connectivity index (χ1n) is 6.40. The minimum Gasteiger partial charge on any atom is -0.368 e. The van der Waals surface area contributed by atoms with Gasteiger partial charge in [-0.2, -0.15) is 0 Å². The highest BCUT2D eigenvalue weighted by atomic mass is 32.1. The number of likely N-dealkylation sites (N-methyl/N-ethyl adjacent to an activating group) is 1. The SMILES string of the molecule is Cc1[nH]c(C2CN(C)CCO2)nc(=S)c1C(C)C. The van der Waals surface area contributed by atoms with Crippen molar-refractivity contribution < 1.29 is 4.74 Å². The molecule has 4 nitrogen and oxygen atoms in total. The summed E-state index contributed by atoms with van der Waals surface area (Å²) in [4.78, 5) is 10.1. The van der Waals surface area contributed by atoms with Crippen LogP contribution in [0.5, 0.6) is 0 Å². The number of nitrogens with one attached hydrogen (secondary N) is 1. The Morgan fingerprint density at radius 3 is 2.78 bits per heavy atom. The number of ether oxygens (including phenoxy) is 1. The van der Waals surface area contributed by atoms with Crippen molar-refractivity contribution in [2.45, 2.75) is 32.8 Å². The monoisotopic (exact) mass is 267 g/mol. The van der Waals surface area contributed by atoms with E-state index in [1.54, 1.807) is 0 Å². The lowest BCUT2D eigenvalue weighted by atomic mass is 10.0. The van der Waals surface area contributed by atoms with Gasteiger partial charge in [0.2, 0.25) is 0 Å². The summed E-state index contributed by atoms with van der Waals surface area (Å²) in [6.45, 7) is 8.91. The summed E-state index contributed by atoms with van der Waals surface area (Å²) in [7, 11) is 2.10. The van der Waals surface area contributed by atoms with Crippen LogP contribution in [0.4, 0.5) is 0 Å². The van der Waals surface area contributed by atoms with E-state index in [4.69, 9.17) is 17.0 Å². The van der Waals surface area contributed by atoms with Crippen molar-refractivity contribution in [3.05, 3.63) is 21.7 Å². The number of nitrogens with zero attached hydrogens (tertiary/aromatic N) is 2. The van der Waals surface area contributed by atoms with Crippen LogP contribution in [0.15, 0.2) is 0 Å². The summed E-state index contributed by atoms with van der Waals surface area (Å²) in [6.07, 6.45) is 0.00497. The van der Waals surface area contributed by atoms with E-state index in [-0.39, 0.29) is 6.10 Å². The molecule has 0 radical (unpaired) electrons. The maximum absolute atomic E-state index is 5.76. The minimum atomic E-state index is 0.00497. The molecule has 0 amide bonds. The normalized spacial score (nSPS) is 21.5. The number of aryl methyl sites for hydroxylation is 1. The van der Waals surface area contributed by atoms with E-state index in [9.17, 15) is 0 Å². The Labute approximate surface area is 113 Å². The van der Waals surface area contributed by atoms with Gasteiger partial charge in [-0.1, -0.05) is 26.1 Å². The summed E-state index contributed by atoms with van der Waals surface area (Å²) in [5.74, 6) is 1.25. The number of hydrogen-bond donors (Lipinski definition) is 1. The lowest BCUT2D eigenvalue weighted by Gasteiger charge is -2.29. The molecule has 1 aromatic heterocycles. The molecule has 1 aliphatic heterocycles. The Kier molecular flexibility index (Phi) is 4.14. The molecule has 0 aromatic carbocycles. The van der Waals surface area contributed by atoms with Crippen molar-refractivity contribution in [1.29, 1.82) is 0 Å². The predicted octanol–water partition coefficient (Wildman–Crippen LogP) is 2.57. The van der Waals surface area contributed by atoms with Crippen LogP contribution in [0.3, 0.4) is 0 Å². The third-order valence-electron chi connectivity index (χ3n) is 3.32. The van der Waals surface area contributed by atoms with Gasteiger partial charge in [-0.15, -0.1) is 0 Å². The fourth-order valence-electron chi connectivity index (χ4n) is 2.39. The van der Waals surface area contributed by atoms with Crippen molar-refractivity contribution in [2.24, 2.45) is 0 Å². The fraction of sp³-hybridized carbons (Fsp3) is 0.692. The van der Waals surface area contributed by atoms with E-state index < -0.39 is 0 Å². The molecule has 100 valence electrons. The third-order valence-corrected chi connectivity index (χ3v) is 3.64. The highest BCUT2D eigenvalue weighted by molar-refractivity contribution is 7.71. The van der Waals surface area contributed by atoms with Crippen LogP contribution in [0.2, 0.25) is 0 Å². The first-order valence-corrected chi connectivity index (χ1v) is 6.80. The molecule has 2 rings (SSSR count). The summed E-state index contributed by atoms with van der Waals surface area (Å²) in [5.41, 5.74) is 2.25. The van der Waals surface area contributed by atoms with Crippen LogP contribution in [0, 0.1) is 11.6 Å². The zero-order chi connectivity index (χ0) is 13.3. The second-order valence-corrected chi connectivity index (χ2v) is 5.63. The first kappa shape index (κ1) is 13.6. The average Bonchev–Trinajstić information content (AvgIpc) is 2.27. The van der Waals surface area contributed by atoms with Gasteiger partial charge in [0.15, 0.2) is 0 Å². The molecule has 18 heavy (non-hydrogen) atoms. The maximum atomic E-state index is 5.76. The van der Waals surface area contributed by atoms with E-state index in [1.807, 2.05) is 0 Å². The van der Waals surface area contributed by atoms with Crippen molar-refractivity contribution in [2.75, 3.05) is 26.7 Å². The Morgan fingerprint density at radius 2 is 2.22 bits per heavy atom. The molecule has 0 bridgehead atoms. The van der Waals surface area contributed by atoms with Gasteiger partial charge in [0.05, 0.1) is 6.61 Å². The van der Waals surface area contributed by atoms with Crippen molar-refractivity contribution >= 4 is 12.2 Å². The smallest absolute Gasteiger partial charge is 0.138 e. The van der Waals surface area contributed by atoms with Crippen LogP contribution in [-0.2, 0) is 4.74 Å². The van der Waals surface area contributed by atoms with Crippen molar-refractivity contribution in [3.63, 3.8) is 0 Å². The fourth-order valence-corrected chi connectivity index (χ4v) is 2.88. The molecule has 1 N–H and O–H groups in total. The predicted molar refractivity (Wildman–Crippen MR) is 74.4 cm³/mol. The second kappa shape index (κ2) is 5.47. The molecular weight excluding hydrogens is 246 g/mol. The van der Waals surface area contributed by atoms with E-state index >= 15 is 0 Å². The molecule has 0 saturated carbocycles. The lowest BCUT2D eigenvalue weighted by molar-refractivity contribution is -0.0256. The quantitative estimate of drug-likeness (QED) is 0.836. The van der Waals surface area contributed by atoms with Crippen LogP contribution < -0.4 is 0 Å². The largest absolute Gasteiger partial charge is 0.368 e. The Balaban J connectivity index is 2.33. The molecule has 1 aliphatic rings. The molecule has 5 heteroatoms. The Morgan fingerprint density at radius 1 is 1.50 bits per heavy atom. The highest BCUT2D eigenvalue weighted by Gasteiger charge is 2.22. The van der Waals surface area contributed by atoms with Crippen LogP contribution in [0.25, 0.3) is 0 Å². The van der Waals surface area contributed by atoms with Crippen LogP contribution in [0.1, 0.15) is 43.0 Å². The van der Waals surface area contributed by atoms with Gasteiger partial charge < -0.3 is 14.6 Å². The molecular formula is C13H21N3OS. The number of aromatic nitrogens is 2. The van der Waals surface area contributed by atoms with Crippen molar-refractivity contribution in [1.82, 2.24) is 14.9 Å². The third kappa shape index (κ3) is 2.79. The van der Waals surface area contributed by atoms with Crippen LogP contribution >= 0.6 is 12.2 Å². The van der Waals surface area contributed by atoms with Gasteiger partial charge in [-0.05, 0) is 19.9 Å². The zero-order valence-corrected chi connectivity index (χ0v) is 12.3. The molecule has 0 spiro atoms. The van der Waals surface area contributed by atoms with Gasteiger partial charge >= 0.3 is 0 Å². The summed E-state index contributed by atoms with van der Waals surface area (Å²) < 4.78 is 6.46. The van der Waals surface area contributed by atoms with Gasteiger partial charge in [0.25, 0.3) is 0 Å². The molecule has 1 saturated heterocycles. The summed E-state index contributed by atoms with van der Waals surface area (Å²) >= 11 is 5.40. The molecule has 2 heterocycles. The molecule has 0 aliphatic carbocycles. The maximum Gasteiger partial charge on any atom is 0.138 e. The van der Waals surface area contributed by atoms with Crippen molar-refractivity contribution in [3.8, 4) is 0 Å². The van der Waals surface area contributed by atoms with E-state index in [0.717, 1.165) is 36.8 Å². The van der Waals surface area contributed by atoms with E-state index in [1.165, 1.54) is 0 Å². The topological polar surface area (TPSA) is 41.2 Å². The van der Waals surface area contributed by atoms with Crippen LogP contribution in [-0.4, -0.2) is 41.6 Å². The molecule has 1 fully saturated rings. The number of rotatable bonds is 2. The summed E-state index contributed by atoms with van der Waals surface area (Å²) in [6, 6.07) is 0. The molecule has 1 aromatic rings. The minimum absolute atomic E-state index is 0.00497. The van der Waals surface area contributed by atoms with Gasteiger partial charge in [-0.25, -0.2) is 4.98 Å². The first-order chi connectivity index (χ1) is 8.49. The number of aromatic amines is 1. The standard InChI is InChI=1S/C13H21N3OS/c1-8(2)11-9(3)14-12(15-13(11)18)10-7-16(4)5-6-17-10/h8,10H,5-7H2,1-4H3,(H,14,15,18). The zero-order valence-electron chi connectivity index (χ0n) is 11.5. The molecule has 1 atom stereocenters. The lowest BCUT2D eigenvalue weighted by Crippen LogP contribution is -2.36. The van der Waals surface area contributed by atoms with Gasteiger partial charge in [-0.3, -0.25) is 0 Å². The van der Waals surface area contributed by atoms with E-state index in [2.05, 4.69) is 42.7 Å². The summed E-state index contributed by atoms with van der Waals surface area (Å²) in [5, 5.41) is 0. The number of morpholine rings is 1. The Hall–Kier alpha value is -0.780. The number of H-pyrrole nitrogens is 1. The number of hydrogen-bond acceptors (Lipinski definition) is 4. The van der Waals surface area contributed by atoms with Gasteiger partial charge in [0.1, 0.15) is 16.6 Å². The molecule has 1 unspecified atom stereocenters. The van der Waals surface area contributed by atoms with Gasteiger partial charge in [0, 0.05) is 24.3 Å². The second-order valence-electron chi connectivity index (χ2n) is 5.24.